The second-order valence-corrected chi connectivity index (χ2v) is 6.92. The van der Waals surface area contributed by atoms with Gasteiger partial charge >= 0.3 is 0 Å². The van der Waals surface area contributed by atoms with E-state index in [-0.39, 0.29) is 12.5 Å². The maximum absolute atomic E-state index is 11.7. The molecule has 0 aliphatic heterocycles. The molecule has 0 saturated carbocycles. The van der Waals surface area contributed by atoms with Gasteiger partial charge in [0.25, 0.3) is 5.91 Å². The minimum absolute atomic E-state index is 0.0598. The van der Waals surface area contributed by atoms with Crippen molar-refractivity contribution in [2.24, 2.45) is 5.10 Å². The third-order valence-electron chi connectivity index (χ3n) is 2.89. The van der Waals surface area contributed by atoms with Crippen molar-refractivity contribution in [3.05, 3.63) is 50.1 Å². The molecule has 6 heteroatoms. The molecule has 0 spiro atoms. The van der Waals surface area contributed by atoms with Crippen LogP contribution in [0.5, 0.6) is 5.75 Å². The van der Waals surface area contributed by atoms with Gasteiger partial charge in [-0.2, -0.15) is 5.10 Å². The molecule has 0 unspecified atom stereocenters. The van der Waals surface area contributed by atoms with Gasteiger partial charge in [0, 0.05) is 4.88 Å². The normalized spacial score (nSPS) is 10.8. The quantitative estimate of drug-likeness (QED) is 0.648. The van der Waals surface area contributed by atoms with Crippen molar-refractivity contribution in [1.82, 2.24) is 5.43 Å². The fourth-order valence-electron chi connectivity index (χ4n) is 1.62. The van der Waals surface area contributed by atoms with Crippen molar-refractivity contribution < 1.29 is 9.53 Å². The molecule has 1 N–H and O–H groups in total. The van der Waals surface area contributed by atoms with E-state index in [1.54, 1.807) is 6.21 Å². The molecule has 0 atom stereocenters. The first kappa shape index (κ1) is 15.7. The molecule has 0 radical (unpaired) electrons. The summed E-state index contributed by atoms with van der Waals surface area (Å²) < 4.78 is 6.52. The van der Waals surface area contributed by atoms with E-state index in [4.69, 9.17) is 4.74 Å². The number of carbonyl (C=O) groups is 1. The first-order chi connectivity index (χ1) is 10.1. The summed E-state index contributed by atoms with van der Waals surface area (Å²) in [5, 5.41) is 3.89. The second kappa shape index (κ2) is 7.38. The third kappa shape index (κ3) is 4.68. The summed E-state index contributed by atoms with van der Waals surface area (Å²) in [6.45, 7) is 3.91. The van der Waals surface area contributed by atoms with Crippen molar-refractivity contribution in [2.75, 3.05) is 6.61 Å². The molecule has 110 valence electrons. The second-order valence-electron chi connectivity index (χ2n) is 4.42. The Bertz CT molecular complexity index is 667. The lowest BCUT2D eigenvalue weighted by Crippen LogP contribution is -2.24. The zero-order valence-electron chi connectivity index (χ0n) is 11.7. The zero-order chi connectivity index (χ0) is 15.2. The summed E-state index contributed by atoms with van der Waals surface area (Å²) in [5.74, 6) is 0.430. The van der Waals surface area contributed by atoms with E-state index < -0.39 is 0 Å². The molecule has 0 fully saturated rings. The number of halogens is 1. The lowest BCUT2D eigenvalue weighted by molar-refractivity contribution is -0.123. The van der Waals surface area contributed by atoms with Gasteiger partial charge in [0.05, 0.1) is 10.0 Å². The van der Waals surface area contributed by atoms with Crippen LogP contribution in [0.4, 0.5) is 0 Å². The molecule has 0 bridgehead atoms. The predicted octanol–water partition coefficient (Wildman–Crippen LogP) is 3.66. The number of hydrogen-bond donors (Lipinski definition) is 1. The number of hydrazone groups is 1. The molecular formula is C15H15BrN2O2S. The van der Waals surface area contributed by atoms with E-state index in [1.165, 1.54) is 11.3 Å². The van der Waals surface area contributed by atoms with Crippen LogP contribution in [0.15, 0.2) is 39.2 Å². The maximum Gasteiger partial charge on any atom is 0.277 e. The lowest BCUT2D eigenvalue weighted by Gasteiger charge is -2.09. The molecular weight excluding hydrogens is 352 g/mol. The Morgan fingerprint density at radius 2 is 2.19 bits per heavy atom. The number of benzene rings is 1. The SMILES string of the molecule is Cc1cccc(OCC(=O)N/N=C/c2ccc(Br)s2)c1C. The van der Waals surface area contributed by atoms with E-state index in [0.717, 1.165) is 25.5 Å². The molecule has 1 amide bonds. The lowest BCUT2D eigenvalue weighted by atomic mass is 10.1. The highest BCUT2D eigenvalue weighted by molar-refractivity contribution is 9.11. The Morgan fingerprint density at radius 1 is 1.38 bits per heavy atom. The minimum atomic E-state index is -0.289. The molecule has 1 aromatic heterocycles. The van der Waals surface area contributed by atoms with Gasteiger partial charge in [-0.05, 0) is 59.1 Å². The van der Waals surface area contributed by atoms with Crippen molar-refractivity contribution in [1.29, 1.82) is 0 Å². The Balaban J connectivity index is 1.82. The molecule has 1 heterocycles. The van der Waals surface area contributed by atoms with Gasteiger partial charge in [0.2, 0.25) is 0 Å². The molecule has 0 aliphatic rings. The van der Waals surface area contributed by atoms with Gasteiger partial charge in [-0.1, -0.05) is 12.1 Å². The average Bonchev–Trinajstić information content (AvgIpc) is 2.86. The number of aryl methyl sites for hydroxylation is 1. The van der Waals surface area contributed by atoms with Crippen LogP contribution in [0.3, 0.4) is 0 Å². The Labute approximate surface area is 136 Å². The largest absolute Gasteiger partial charge is 0.483 e. The standard InChI is InChI=1S/C15H15BrN2O2S/c1-10-4-3-5-13(11(10)2)20-9-15(19)18-17-8-12-6-7-14(16)21-12/h3-8H,9H2,1-2H3,(H,18,19)/b17-8+. The van der Waals surface area contributed by atoms with Crippen molar-refractivity contribution >= 4 is 39.4 Å². The number of thiophene rings is 1. The highest BCUT2D eigenvalue weighted by atomic mass is 79.9. The van der Waals surface area contributed by atoms with Crippen LogP contribution in [0, 0.1) is 13.8 Å². The summed E-state index contributed by atoms with van der Waals surface area (Å²) in [6, 6.07) is 9.60. The van der Waals surface area contributed by atoms with Gasteiger partial charge in [-0.3, -0.25) is 4.79 Å². The average molecular weight is 367 g/mol. The fraction of sp³-hybridized carbons (Fsp3) is 0.200. The predicted molar refractivity (Wildman–Crippen MR) is 89.2 cm³/mol. The van der Waals surface area contributed by atoms with E-state index in [9.17, 15) is 4.79 Å². The Kier molecular flexibility index (Phi) is 5.52. The van der Waals surface area contributed by atoms with E-state index in [0.29, 0.717) is 0 Å². The molecule has 4 nitrogen and oxygen atoms in total. The van der Waals surface area contributed by atoms with E-state index >= 15 is 0 Å². The van der Waals surface area contributed by atoms with E-state index in [2.05, 4.69) is 26.5 Å². The van der Waals surface area contributed by atoms with Crippen LogP contribution in [-0.2, 0) is 4.79 Å². The van der Waals surface area contributed by atoms with Gasteiger partial charge in [-0.15, -0.1) is 11.3 Å². The van der Waals surface area contributed by atoms with Gasteiger partial charge in [0.15, 0.2) is 6.61 Å². The number of nitrogens with one attached hydrogen (secondary N) is 1. The molecule has 0 saturated heterocycles. The number of amides is 1. The van der Waals surface area contributed by atoms with Gasteiger partial charge in [-0.25, -0.2) is 5.43 Å². The number of carbonyl (C=O) groups excluding carboxylic acids is 1. The Hall–Kier alpha value is -1.66. The molecule has 0 aliphatic carbocycles. The first-order valence-corrected chi connectivity index (χ1v) is 7.93. The fourth-order valence-corrected chi connectivity index (χ4v) is 2.92. The van der Waals surface area contributed by atoms with E-state index in [1.807, 2.05) is 44.2 Å². The van der Waals surface area contributed by atoms with Crippen LogP contribution in [0.25, 0.3) is 0 Å². The smallest absolute Gasteiger partial charge is 0.277 e. The highest BCUT2D eigenvalue weighted by Gasteiger charge is 2.05. The summed E-state index contributed by atoms with van der Waals surface area (Å²) in [6.07, 6.45) is 1.60. The van der Waals surface area contributed by atoms with Crippen molar-refractivity contribution in [3.63, 3.8) is 0 Å². The summed E-state index contributed by atoms with van der Waals surface area (Å²) in [5.41, 5.74) is 4.61. The number of rotatable bonds is 5. The number of nitrogens with zero attached hydrogens (tertiary/aromatic N) is 1. The van der Waals surface area contributed by atoms with Gasteiger partial charge in [0.1, 0.15) is 5.75 Å². The topological polar surface area (TPSA) is 50.7 Å². The monoisotopic (exact) mass is 366 g/mol. The molecule has 21 heavy (non-hydrogen) atoms. The highest BCUT2D eigenvalue weighted by Crippen LogP contribution is 2.21. The van der Waals surface area contributed by atoms with Crippen molar-refractivity contribution in [3.8, 4) is 5.75 Å². The minimum Gasteiger partial charge on any atom is -0.483 e. The molecule has 1 aromatic carbocycles. The summed E-state index contributed by atoms with van der Waals surface area (Å²) >= 11 is 4.90. The number of ether oxygens (including phenoxy) is 1. The summed E-state index contributed by atoms with van der Waals surface area (Å²) in [4.78, 5) is 12.6. The van der Waals surface area contributed by atoms with Crippen LogP contribution in [0.1, 0.15) is 16.0 Å². The third-order valence-corrected chi connectivity index (χ3v) is 4.45. The Morgan fingerprint density at radius 3 is 2.90 bits per heavy atom. The first-order valence-electron chi connectivity index (χ1n) is 6.32. The summed E-state index contributed by atoms with van der Waals surface area (Å²) in [7, 11) is 0. The molecule has 2 aromatic rings. The molecule has 2 rings (SSSR count). The van der Waals surface area contributed by atoms with Crippen LogP contribution < -0.4 is 10.2 Å². The van der Waals surface area contributed by atoms with Gasteiger partial charge < -0.3 is 4.74 Å². The zero-order valence-corrected chi connectivity index (χ0v) is 14.1. The maximum atomic E-state index is 11.7. The van der Waals surface area contributed by atoms with Crippen LogP contribution in [-0.4, -0.2) is 18.7 Å². The van der Waals surface area contributed by atoms with Crippen LogP contribution >= 0.6 is 27.3 Å². The van der Waals surface area contributed by atoms with Crippen LogP contribution in [0.2, 0.25) is 0 Å². The van der Waals surface area contributed by atoms with Crippen molar-refractivity contribution in [2.45, 2.75) is 13.8 Å². The number of hydrogen-bond acceptors (Lipinski definition) is 4.